The van der Waals surface area contributed by atoms with Gasteiger partial charge in [0.25, 0.3) is 0 Å². The number of fused-ring (bicyclic) bond motifs is 3. The molecule has 4 aromatic rings. The summed E-state index contributed by atoms with van der Waals surface area (Å²) in [5.74, 6) is -0.704. The summed E-state index contributed by atoms with van der Waals surface area (Å²) in [5, 5.41) is 17.4. The molecule has 0 saturated carbocycles. The fourth-order valence-corrected chi connectivity index (χ4v) is 4.99. The number of hydrogen-bond acceptors (Lipinski definition) is 7. The van der Waals surface area contributed by atoms with E-state index in [1.807, 2.05) is 18.2 Å². The number of carbonyl (C=O) groups excluding carboxylic acids is 2. The van der Waals surface area contributed by atoms with Crippen molar-refractivity contribution in [3.05, 3.63) is 82.5 Å². The molecule has 0 radical (unpaired) electrons. The molecule has 3 heterocycles. The van der Waals surface area contributed by atoms with Crippen LogP contribution >= 0.6 is 0 Å². The Hall–Kier alpha value is -3.98. The van der Waals surface area contributed by atoms with Crippen molar-refractivity contribution in [3.8, 4) is 0 Å². The predicted octanol–water partition coefficient (Wildman–Crippen LogP) is 2.25. The van der Waals surface area contributed by atoms with Crippen LogP contribution in [0.25, 0.3) is 11.0 Å². The minimum atomic E-state index is -0.378. The summed E-state index contributed by atoms with van der Waals surface area (Å²) >= 11 is 0. The van der Waals surface area contributed by atoms with E-state index in [0.29, 0.717) is 29.1 Å². The topological polar surface area (TPSA) is 98.5 Å². The molecule has 2 aromatic heterocycles. The molecular formula is C25H23N5O4. The normalized spacial score (nSPS) is 16.2. The van der Waals surface area contributed by atoms with Gasteiger partial charge in [-0.05, 0) is 18.6 Å². The highest BCUT2D eigenvalue weighted by Gasteiger charge is 2.39. The fourth-order valence-electron chi connectivity index (χ4n) is 4.99. The van der Waals surface area contributed by atoms with E-state index in [-0.39, 0.29) is 23.0 Å². The van der Waals surface area contributed by atoms with Gasteiger partial charge in [-0.25, -0.2) is 0 Å². The highest BCUT2D eigenvalue weighted by atomic mass is 16.5. The summed E-state index contributed by atoms with van der Waals surface area (Å²) in [7, 11) is 0. The molecular weight excluding hydrogens is 434 g/mol. The van der Waals surface area contributed by atoms with Crippen molar-refractivity contribution in [2.75, 3.05) is 37.6 Å². The summed E-state index contributed by atoms with van der Waals surface area (Å²) in [5.41, 5.74) is 2.69. The Bertz CT molecular complexity index is 1410. The average molecular weight is 457 g/mol. The standard InChI is InChI=1S/C25H23N5O4/c31-23-18-6-1-2-7-19(18)24(32)22-21(23)26-30(33)29(22)11-4-10-27-12-14-28(15-13-27)20-8-3-5-17-9-16-34-25(17)20/h1-3,5-9,16H,4,10-15H2. The number of furan rings is 1. The molecule has 0 unspecified atom stereocenters. The lowest BCUT2D eigenvalue weighted by atomic mass is 9.90. The molecule has 172 valence electrons. The van der Waals surface area contributed by atoms with Gasteiger partial charge in [0.05, 0.1) is 18.5 Å². The second-order valence-corrected chi connectivity index (χ2v) is 8.68. The first-order chi connectivity index (χ1) is 16.6. The molecule has 1 saturated heterocycles. The lowest BCUT2D eigenvalue weighted by Crippen LogP contribution is -2.47. The number of aromatic nitrogens is 3. The number of carbonyl (C=O) groups is 2. The maximum atomic E-state index is 13.0. The Kier molecular flexibility index (Phi) is 4.91. The van der Waals surface area contributed by atoms with Gasteiger partial charge in [-0.15, -0.1) is 4.68 Å². The summed E-state index contributed by atoms with van der Waals surface area (Å²) in [6.07, 6.45) is 2.39. The van der Waals surface area contributed by atoms with E-state index < -0.39 is 0 Å². The van der Waals surface area contributed by atoms with Gasteiger partial charge in [-0.1, -0.05) is 36.4 Å². The summed E-state index contributed by atoms with van der Waals surface area (Å²) in [6.45, 7) is 4.64. The monoisotopic (exact) mass is 457 g/mol. The van der Waals surface area contributed by atoms with Gasteiger partial charge in [-0.2, -0.15) is 0 Å². The summed E-state index contributed by atoms with van der Waals surface area (Å²) < 4.78 is 6.97. The number of rotatable bonds is 5. The van der Waals surface area contributed by atoms with Crippen molar-refractivity contribution < 1.29 is 19.0 Å². The summed E-state index contributed by atoms with van der Waals surface area (Å²) in [4.78, 5) is 30.8. The maximum absolute atomic E-state index is 13.0. The Morgan fingerprint density at radius 3 is 2.47 bits per heavy atom. The minimum Gasteiger partial charge on any atom is -0.571 e. The van der Waals surface area contributed by atoms with Gasteiger partial charge in [-0.3, -0.25) is 14.5 Å². The van der Waals surface area contributed by atoms with Crippen molar-refractivity contribution in [2.45, 2.75) is 13.0 Å². The SMILES string of the molecule is O=C1c2ccccc2C(=O)c2c1n[n+]([O-])n2CCCN1CCN(c2cccc3ccoc23)CC1. The first-order valence-electron chi connectivity index (χ1n) is 11.4. The number of para-hydroxylation sites is 1. The molecule has 9 heteroatoms. The third-order valence-electron chi connectivity index (χ3n) is 6.74. The molecule has 0 N–H and O–H groups in total. The van der Waals surface area contributed by atoms with Crippen LogP contribution in [0, 0.1) is 5.21 Å². The van der Waals surface area contributed by atoms with E-state index in [9.17, 15) is 14.8 Å². The zero-order valence-corrected chi connectivity index (χ0v) is 18.5. The zero-order chi connectivity index (χ0) is 23.2. The first-order valence-corrected chi connectivity index (χ1v) is 11.4. The molecule has 1 aliphatic carbocycles. The molecule has 34 heavy (non-hydrogen) atoms. The molecule has 0 amide bonds. The van der Waals surface area contributed by atoms with Crippen molar-refractivity contribution in [3.63, 3.8) is 0 Å². The van der Waals surface area contributed by atoms with Gasteiger partial charge in [0.2, 0.25) is 17.3 Å². The Balaban J connectivity index is 1.11. The van der Waals surface area contributed by atoms with Gasteiger partial charge in [0.1, 0.15) is 0 Å². The van der Waals surface area contributed by atoms with Crippen LogP contribution in [0.2, 0.25) is 0 Å². The van der Waals surface area contributed by atoms with Crippen LogP contribution in [-0.2, 0) is 6.54 Å². The smallest absolute Gasteiger partial charge is 0.220 e. The van der Waals surface area contributed by atoms with Gasteiger partial charge < -0.3 is 14.5 Å². The molecule has 6 rings (SSSR count). The quantitative estimate of drug-likeness (QED) is 0.295. The molecule has 0 spiro atoms. The molecule has 0 atom stereocenters. The van der Waals surface area contributed by atoms with Crippen LogP contribution in [0.4, 0.5) is 5.69 Å². The number of anilines is 1. The molecule has 9 nitrogen and oxygen atoms in total. The van der Waals surface area contributed by atoms with E-state index in [4.69, 9.17) is 4.42 Å². The number of piperazine rings is 1. The van der Waals surface area contributed by atoms with Gasteiger partial charge >= 0.3 is 0 Å². The Labute approximate surface area is 195 Å². The number of hydrogen-bond donors (Lipinski definition) is 0. The van der Waals surface area contributed by atoms with Crippen molar-refractivity contribution in [1.82, 2.24) is 14.7 Å². The van der Waals surface area contributed by atoms with Crippen molar-refractivity contribution in [1.29, 1.82) is 0 Å². The van der Waals surface area contributed by atoms with Crippen LogP contribution in [-0.4, -0.2) is 59.0 Å². The van der Waals surface area contributed by atoms with Crippen molar-refractivity contribution in [2.24, 2.45) is 0 Å². The van der Waals surface area contributed by atoms with Crippen LogP contribution in [0.15, 0.2) is 59.2 Å². The van der Waals surface area contributed by atoms with E-state index in [1.54, 1.807) is 30.5 Å². The fraction of sp³-hybridized carbons (Fsp3) is 0.280. The molecule has 1 fully saturated rings. The van der Waals surface area contributed by atoms with Crippen LogP contribution in [0.3, 0.4) is 0 Å². The Morgan fingerprint density at radius 1 is 0.912 bits per heavy atom. The van der Waals surface area contributed by atoms with E-state index in [0.717, 1.165) is 49.4 Å². The molecule has 0 bridgehead atoms. The number of nitrogens with zero attached hydrogens (tertiary/aromatic N) is 5. The third kappa shape index (κ3) is 3.28. The van der Waals surface area contributed by atoms with E-state index in [1.165, 1.54) is 4.68 Å². The second-order valence-electron chi connectivity index (χ2n) is 8.68. The van der Waals surface area contributed by atoms with Gasteiger partial charge in [0, 0.05) is 59.3 Å². The lowest BCUT2D eigenvalue weighted by Gasteiger charge is -2.36. The molecule has 2 aliphatic rings. The van der Waals surface area contributed by atoms with E-state index in [2.05, 4.69) is 21.0 Å². The molecule has 2 aromatic carbocycles. The zero-order valence-electron chi connectivity index (χ0n) is 18.5. The number of ketones is 2. The summed E-state index contributed by atoms with van der Waals surface area (Å²) in [6, 6.07) is 14.8. The van der Waals surface area contributed by atoms with Crippen LogP contribution in [0.1, 0.15) is 38.5 Å². The largest absolute Gasteiger partial charge is 0.571 e. The molecule has 1 aliphatic heterocycles. The first kappa shape index (κ1) is 20.6. The lowest BCUT2D eigenvalue weighted by molar-refractivity contribution is -0.749. The van der Waals surface area contributed by atoms with Crippen LogP contribution < -0.4 is 9.86 Å². The predicted molar refractivity (Wildman–Crippen MR) is 124 cm³/mol. The maximum Gasteiger partial charge on any atom is 0.220 e. The average Bonchev–Trinajstić information content (AvgIpc) is 3.48. The minimum absolute atomic E-state index is 0.0561. The highest BCUT2D eigenvalue weighted by molar-refractivity contribution is 6.26. The third-order valence-corrected chi connectivity index (χ3v) is 6.74. The van der Waals surface area contributed by atoms with Crippen molar-refractivity contribution >= 4 is 28.2 Å². The highest BCUT2D eigenvalue weighted by Crippen LogP contribution is 2.29. The number of benzene rings is 2. The van der Waals surface area contributed by atoms with Gasteiger partial charge in [0.15, 0.2) is 11.3 Å². The Morgan fingerprint density at radius 2 is 1.68 bits per heavy atom. The van der Waals surface area contributed by atoms with Crippen LogP contribution in [0.5, 0.6) is 0 Å². The second kappa shape index (κ2) is 8.11. The van der Waals surface area contributed by atoms with E-state index >= 15 is 0 Å².